The van der Waals surface area contributed by atoms with E-state index in [0.29, 0.717) is 56.2 Å². The number of amides is 2. The summed E-state index contributed by atoms with van der Waals surface area (Å²) in [6.07, 6.45) is 3.07. The number of rotatable bonds is 3. The van der Waals surface area contributed by atoms with Gasteiger partial charge in [0.15, 0.2) is 0 Å². The Balaban J connectivity index is 1.48. The summed E-state index contributed by atoms with van der Waals surface area (Å²) in [6.45, 7) is 3.37. The zero-order valence-corrected chi connectivity index (χ0v) is 15.6. The van der Waals surface area contributed by atoms with Crippen molar-refractivity contribution < 1.29 is 18.7 Å². The molecular weight excluding hydrogens is 363 g/mol. The molecule has 2 amide bonds. The smallest absolute Gasteiger partial charge is 0.257 e. The predicted molar refractivity (Wildman–Crippen MR) is 100 cm³/mol. The molecule has 8 heteroatoms. The van der Waals surface area contributed by atoms with Gasteiger partial charge in [-0.3, -0.25) is 14.7 Å². The van der Waals surface area contributed by atoms with Crippen molar-refractivity contribution >= 4 is 11.8 Å². The van der Waals surface area contributed by atoms with E-state index in [2.05, 4.69) is 10.2 Å². The minimum absolute atomic E-state index is 0.103. The van der Waals surface area contributed by atoms with E-state index >= 15 is 0 Å². The molecule has 0 bridgehead atoms. The Kier molecular flexibility index (Phi) is 5.38. The van der Waals surface area contributed by atoms with Crippen LogP contribution in [0, 0.1) is 11.7 Å². The second-order valence-corrected chi connectivity index (χ2v) is 7.19. The fourth-order valence-corrected chi connectivity index (χ4v) is 3.86. The molecule has 0 saturated carbocycles. The monoisotopic (exact) mass is 386 g/mol. The van der Waals surface area contributed by atoms with Crippen molar-refractivity contribution in [2.45, 2.75) is 12.8 Å². The van der Waals surface area contributed by atoms with Crippen molar-refractivity contribution in [1.29, 1.82) is 0 Å². The number of likely N-dealkylation sites (tertiary alicyclic amines) is 1. The first-order chi connectivity index (χ1) is 13.6. The first kappa shape index (κ1) is 18.6. The third kappa shape index (κ3) is 3.77. The number of aromatic amines is 1. The van der Waals surface area contributed by atoms with Gasteiger partial charge in [0.25, 0.3) is 5.91 Å². The number of carbonyl (C=O) groups is 2. The number of ether oxygens (including phenoxy) is 1. The van der Waals surface area contributed by atoms with E-state index in [1.165, 1.54) is 18.3 Å². The molecule has 4 rings (SSSR count). The molecule has 2 aromatic rings. The van der Waals surface area contributed by atoms with Gasteiger partial charge in [-0.15, -0.1) is 0 Å². The Bertz CT molecular complexity index is 845. The zero-order valence-electron chi connectivity index (χ0n) is 15.6. The normalized spacial score (nSPS) is 20.2. The molecule has 1 aromatic carbocycles. The molecule has 0 radical (unpaired) electrons. The lowest BCUT2D eigenvalue weighted by atomic mass is 9.95. The van der Waals surface area contributed by atoms with Crippen LogP contribution in [0.3, 0.4) is 0 Å². The van der Waals surface area contributed by atoms with Gasteiger partial charge in [0.2, 0.25) is 5.91 Å². The van der Waals surface area contributed by atoms with Gasteiger partial charge in [0.1, 0.15) is 5.82 Å². The number of nitrogens with one attached hydrogen (secondary N) is 1. The lowest BCUT2D eigenvalue weighted by molar-refractivity contribution is -0.141. The summed E-state index contributed by atoms with van der Waals surface area (Å²) in [7, 11) is 0. The van der Waals surface area contributed by atoms with Crippen molar-refractivity contribution in [2.75, 3.05) is 39.4 Å². The molecule has 2 saturated heterocycles. The highest BCUT2D eigenvalue weighted by atomic mass is 19.1. The van der Waals surface area contributed by atoms with Crippen LogP contribution in [0.5, 0.6) is 0 Å². The summed E-state index contributed by atoms with van der Waals surface area (Å²) in [6, 6.07) is 5.92. The summed E-state index contributed by atoms with van der Waals surface area (Å²) in [5.74, 6) is -0.576. The van der Waals surface area contributed by atoms with Crippen LogP contribution < -0.4 is 0 Å². The molecule has 148 valence electrons. The van der Waals surface area contributed by atoms with Gasteiger partial charge < -0.3 is 14.5 Å². The number of aromatic nitrogens is 2. The fourth-order valence-electron chi connectivity index (χ4n) is 3.86. The van der Waals surface area contributed by atoms with Crippen LogP contribution >= 0.6 is 0 Å². The molecule has 0 aliphatic carbocycles. The van der Waals surface area contributed by atoms with E-state index in [0.717, 1.165) is 12.8 Å². The molecule has 1 unspecified atom stereocenters. The minimum Gasteiger partial charge on any atom is -0.378 e. The van der Waals surface area contributed by atoms with Crippen molar-refractivity contribution in [3.8, 4) is 11.3 Å². The fraction of sp³-hybridized carbons (Fsp3) is 0.450. The maximum absolute atomic E-state index is 13.2. The van der Waals surface area contributed by atoms with Crippen molar-refractivity contribution in [3.05, 3.63) is 41.8 Å². The average Bonchev–Trinajstić information content (AvgIpc) is 3.24. The highest BCUT2D eigenvalue weighted by Gasteiger charge is 2.33. The number of carbonyl (C=O) groups excluding carboxylic acids is 2. The van der Waals surface area contributed by atoms with Crippen molar-refractivity contribution in [1.82, 2.24) is 20.0 Å². The van der Waals surface area contributed by atoms with Gasteiger partial charge in [-0.05, 0) is 37.1 Å². The number of hydrogen-bond acceptors (Lipinski definition) is 4. The third-order valence-electron chi connectivity index (χ3n) is 5.38. The van der Waals surface area contributed by atoms with Crippen LogP contribution in [0.1, 0.15) is 23.2 Å². The van der Waals surface area contributed by atoms with Gasteiger partial charge >= 0.3 is 0 Å². The van der Waals surface area contributed by atoms with Crippen LogP contribution in [0.4, 0.5) is 4.39 Å². The number of morpholine rings is 1. The molecular formula is C20H23FN4O3. The maximum Gasteiger partial charge on any atom is 0.257 e. The third-order valence-corrected chi connectivity index (χ3v) is 5.38. The standard InChI is InChI=1S/C20H23FN4O3/c21-16-5-3-14(4-6-16)18-17(12-22-23-18)20(27)25-7-1-2-15(13-25)19(26)24-8-10-28-11-9-24/h3-6,12,15H,1-2,7-11,13H2,(H,22,23). The van der Waals surface area contributed by atoms with Gasteiger partial charge in [-0.2, -0.15) is 5.10 Å². The Morgan fingerprint density at radius 2 is 1.86 bits per heavy atom. The number of halogens is 1. The van der Waals surface area contributed by atoms with Crippen LogP contribution in [-0.2, 0) is 9.53 Å². The highest BCUT2D eigenvalue weighted by molar-refractivity contribution is 6.00. The summed E-state index contributed by atoms with van der Waals surface area (Å²) in [5, 5.41) is 6.85. The lowest BCUT2D eigenvalue weighted by Crippen LogP contribution is -2.49. The zero-order chi connectivity index (χ0) is 19.5. The topological polar surface area (TPSA) is 78.5 Å². The van der Waals surface area contributed by atoms with Gasteiger partial charge in [-0.1, -0.05) is 0 Å². The van der Waals surface area contributed by atoms with E-state index in [1.807, 2.05) is 4.90 Å². The van der Waals surface area contributed by atoms with Crippen molar-refractivity contribution in [3.63, 3.8) is 0 Å². The molecule has 2 aliphatic heterocycles. The molecule has 1 aromatic heterocycles. The predicted octanol–water partition coefficient (Wildman–Crippen LogP) is 1.93. The van der Waals surface area contributed by atoms with Crippen LogP contribution in [-0.4, -0.2) is 71.2 Å². The van der Waals surface area contributed by atoms with Gasteiger partial charge in [0, 0.05) is 31.7 Å². The second-order valence-electron chi connectivity index (χ2n) is 7.19. The Morgan fingerprint density at radius 1 is 1.11 bits per heavy atom. The summed E-state index contributed by atoms with van der Waals surface area (Å²) >= 11 is 0. The Morgan fingerprint density at radius 3 is 2.61 bits per heavy atom. The molecule has 0 spiro atoms. The first-order valence-electron chi connectivity index (χ1n) is 9.58. The van der Waals surface area contributed by atoms with Gasteiger partial charge in [0.05, 0.1) is 36.6 Å². The van der Waals surface area contributed by atoms with E-state index in [1.54, 1.807) is 17.0 Å². The largest absolute Gasteiger partial charge is 0.378 e. The van der Waals surface area contributed by atoms with Crippen LogP contribution in [0.15, 0.2) is 30.5 Å². The summed E-state index contributed by atoms with van der Waals surface area (Å²) in [5.41, 5.74) is 1.69. The minimum atomic E-state index is -0.336. The Hall–Kier alpha value is -2.74. The molecule has 1 atom stereocenters. The van der Waals surface area contributed by atoms with Crippen molar-refractivity contribution in [2.24, 2.45) is 5.92 Å². The molecule has 7 nitrogen and oxygen atoms in total. The van der Waals surface area contributed by atoms with Crippen LogP contribution in [0.25, 0.3) is 11.3 Å². The summed E-state index contributed by atoms with van der Waals surface area (Å²) in [4.78, 5) is 29.5. The van der Waals surface area contributed by atoms with E-state index < -0.39 is 0 Å². The maximum atomic E-state index is 13.2. The van der Waals surface area contributed by atoms with E-state index in [-0.39, 0.29) is 23.5 Å². The molecule has 3 heterocycles. The SMILES string of the molecule is O=C(c1cn[nH]c1-c1ccc(F)cc1)N1CCCC(C(=O)N2CCOCC2)C1. The number of H-pyrrole nitrogens is 1. The Labute approximate surface area is 162 Å². The molecule has 2 aliphatic rings. The average molecular weight is 386 g/mol. The van der Waals surface area contributed by atoms with E-state index in [4.69, 9.17) is 4.74 Å². The first-order valence-corrected chi connectivity index (χ1v) is 9.58. The lowest BCUT2D eigenvalue weighted by Gasteiger charge is -2.36. The quantitative estimate of drug-likeness (QED) is 0.874. The second kappa shape index (κ2) is 8.10. The number of benzene rings is 1. The highest BCUT2D eigenvalue weighted by Crippen LogP contribution is 2.26. The van der Waals surface area contributed by atoms with E-state index in [9.17, 15) is 14.0 Å². The molecule has 2 fully saturated rings. The number of hydrogen-bond donors (Lipinski definition) is 1. The summed E-state index contributed by atoms with van der Waals surface area (Å²) < 4.78 is 18.5. The van der Waals surface area contributed by atoms with Crippen LogP contribution in [0.2, 0.25) is 0 Å². The van der Waals surface area contributed by atoms with Gasteiger partial charge in [-0.25, -0.2) is 4.39 Å². The molecule has 1 N–H and O–H groups in total. The number of piperidine rings is 1. The molecule has 28 heavy (non-hydrogen) atoms. The number of nitrogens with zero attached hydrogens (tertiary/aromatic N) is 3.